The van der Waals surface area contributed by atoms with Gasteiger partial charge in [-0.2, -0.15) is 0 Å². The molecule has 1 rings (SSSR count). The molecule has 5 heteroatoms. The average molecular weight is 248 g/mol. The van der Waals surface area contributed by atoms with E-state index in [9.17, 15) is 9.18 Å². The summed E-state index contributed by atoms with van der Waals surface area (Å²) in [4.78, 5) is 15.6. The number of benzene rings is 1. The molecule has 0 bridgehead atoms. The topological polar surface area (TPSA) is 38.3 Å². The summed E-state index contributed by atoms with van der Waals surface area (Å²) in [5.74, 6) is -0.824. The van der Waals surface area contributed by atoms with Crippen molar-refractivity contribution in [2.75, 3.05) is 7.11 Å². The lowest BCUT2D eigenvalue weighted by molar-refractivity contribution is 0.0537. The van der Waals surface area contributed by atoms with Crippen LogP contribution in [0, 0.1) is 5.82 Å². The van der Waals surface area contributed by atoms with Gasteiger partial charge in [-0.3, -0.25) is 9.63 Å². The Labute approximate surface area is 83.0 Å². The first-order valence-corrected chi connectivity index (χ1v) is 4.23. The highest BCUT2D eigenvalue weighted by atomic mass is 79.9. The minimum atomic E-state index is -0.422. The molecule has 0 aliphatic carbocycles. The van der Waals surface area contributed by atoms with Crippen molar-refractivity contribution in [2.45, 2.75) is 0 Å². The molecule has 1 aromatic carbocycles. The summed E-state index contributed by atoms with van der Waals surface area (Å²) in [7, 11) is 1.33. The SMILES string of the molecule is CONC(=O)c1ccc(F)cc1Br. The van der Waals surface area contributed by atoms with Crippen molar-refractivity contribution >= 4 is 21.8 Å². The average Bonchev–Trinajstić information content (AvgIpc) is 2.04. The largest absolute Gasteiger partial charge is 0.277 e. The van der Waals surface area contributed by atoms with E-state index in [2.05, 4.69) is 26.2 Å². The summed E-state index contributed by atoms with van der Waals surface area (Å²) in [6, 6.07) is 3.79. The van der Waals surface area contributed by atoms with Crippen LogP contribution in [-0.4, -0.2) is 13.0 Å². The Bertz CT molecular complexity index is 330. The molecule has 1 aromatic rings. The van der Waals surface area contributed by atoms with Gasteiger partial charge in [0.25, 0.3) is 5.91 Å². The molecule has 0 aromatic heterocycles. The van der Waals surface area contributed by atoms with Gasteiger partial charge in [-0.15, -0.1) is 0 Å². The lowest BCUT2D eigenvalue weighted by Crippen LogP contribution is -2.22. The van der Waals surface area contributed by atoms with Gasteiger partial charge in [-0.25, -0.2) is 9.87 Å². The van der Waals surface area contributed by atoms with E-state index in [1.807, 2.05) is 0 Å². The third kappa shape index (κ3) is 2.50. The molecular weight excluding hydrogens is 241 g/mol. The van der Waals surface area contributed by atoms with Crippen LogP contribution in [0.2, 0.25) is 0 Å². The fraction of sp³-hybridized carbons (Fsp3) is 0.125. The molecule has 70 valence electrons. The van der Waals surface area contributed by atoms with Crippen molar-refractivity contribution in [3.8, 4) is 0 Å². The van der Waals surface area contributed by atoms with Gasteiger partial charge in [0.15, 0.2) is 0 Å². The van der Waals surface area contributed by atoms with Crippen molar-refractivity contribution in [2.24, 2.45) is 0 Å². The van der Waals surface area contributed by atoms with Crippen LogP contribution in [0.3, 0.4) is 0 Å². The molecule has 0 saturated heterocycles. The predicted molar refractivity (Wildman–Crippen MR) is 48.6 cm³/mol. The Hall–Kier alpha value is -0.940. The summed E-state index contributed by atoms with van der Waals surface area (Å²) in [6.45, 7) is 0. The minimum absolute atomic E-state index is 0.322. The van der Waals surface area contributed by atoms with Crippen LogP contribution in [0.1, 0.15) is 10.4 Å². The Kier molecular flexibility index (Phi) is 3.39. The molecule has 13 heavy (non-hydrogen) atoms. The minimum Gasteiger partial charge on any atom is -0.277 e. The normalized spacial score (nSPS) is 9.77. The highest BCUT2D eigenvalue weighted by Gasteiger charge is 2.09. The van der Waals surface area contributed by atoms with Gasteiger partial charge in [-0.05, 0) is 34.1 Å². The number of carbonyl (C=O) groups is 1. The maximum atomic E-state index is 12.6. The maximum absolute atomic E-state index is 12.6. The monoisotopic (exact) mass is 247 g/mol. The van der Waals surface area contributed by atoms with Gasteiger partial charge < -0.3 is 0 Å². The third-order valence-corrected chi connectivity index (χ3v) is 2.03. The lowest BCUT2D eigenvalue weighted by atomic mass is 10.2. The van der Waals surface area contributed by atoms with Crippen LogP contribution in [-0.2, 0) is 4.84 Å². The van der Waals surface area contributed by atoms with Gasteiger partial charge >= 0.3 is 0 Å². The van der Waals surface area contributed by atoms with E-state index in [1.54, 1.807) is 0 Å². The smallest absolute Gasteiger partial charge is 0.275 e. The number of rotatable bonds is 2. The van der Waals surface area contributed by atoms with Gasteiger partial charge in [0, 0.05) is 4.47 Å². The fourth-order valence-electron chi connectivity index (χ4n) is 0.821. The zero-order chi connectivity index (χ0) is 9.84. The van der Waals surface area contributed by atoms with E-state index < -0.39 is 11.7 Å². The van der Waals surface area contributed by atoms with Crippen molar-refractivity contribution < 1.29 is 14.0 Å². The van der Waals surface area contributed by atoms with Gasteiger partial charge in [-0.1, -0.05) is 0 Å². The Morgan fingerprint density at radius 2 is 2.31 bits per heavy atom. The van der Waals surface area contributed by atoms with E-state index in [-0.39, 0.29) is 0 Å². The molecular formula is C8H7BrFNO2. The molecule has 1 N–H and O–H groups in total. The number of carbonyl (C=O) groups excluding carboxylic acids is 1. The zero-order valence-electron chi connectivity index (χ0n) is 6.80. The molecule has 3 nitrogen and oxygen atoms in total. The van der Waals surface area contributed by atoms with E-state index in [0.717, 1.165) is 0 Å². The Morgan fingerprint density at radius 1 is 1.62 bits per heavy atom. The molecule has 0 aliphatic heterocycles. The summed E-state index contributed by atoms with van der Waals surface area (Å²) >= 11 is 3.06. The van der Waals surface area contributed by atoms with E-state index in [4.69, 9.17) is 0 Å². The molecule has 1 amide bonds. The number of halogens is 2. The molecule has 0 fully saturated rings. The van der Waals surface area contributed by atoms with Gasteiger partial charge in [0.05, 0.1) is 12.7 Å². The fourth-order valence-corrected chi connectivity index (χ4v) is 1.35. The number of hydrogen-bond acceptors (Lipinski definition) is 2. The van der Waals surface area contributed by atoms with Gasteiger partial charge in [0.2, 0.25) is 0 Å². The van der Waals surface area contributed by atoms with E-state index in [0.29, 0.717) is 10.0 Å². The standard InChI is InChI=1S/C8H7BrFNO2/c1-13-11-8(12)6-3-2-5(10)4-7(6)9/h2-4H,1H3,(H,11,12). The summed E-state index contributed by atoms with van der Waals surface area (Å²) in [6.07, 6.45) is 0. The lowest BCUT2D eigenvalue weighted by Gasteiger charge is -2.03. The molecule has 0 spiro atoms. The molecule has 0 unspecified atom stereocenters. The quantitative estimate of drug-likeness (QED) is 0.811. The van der Waals surface area contributed by atoms with E-state index >= 15 is 0 Å². The van der Waals surface area contributed by atoms with Gasteiger partial charge in [0.1, 0.15) is 5.82 Å². The third-order valence-electron chi connectivity index (χ3n) is 1.37. The van der Waals surface area contributed by atoms with Crippen LogP contribution in [0.25, 0.3) is 0 Å². The molecule has 0 heterocycles. The highest BCUT2D eigenvalue weighted by molar-refractivity contribution is 9.10. The first-order chi connectivity index (χ1) is 6.15. The molecule has 0 aliphatic rings. The first-order valence-electron chi connectivity index (χ1n) is 3.43. The summed E-state index contributed by atoms with van der Waals surface area (Å²) in [5.41, 5.74) is 2.45. The number of nitrogens with one attached hydrogen (secondary N) is 1. The number of hydroxylamine groups is 1. The second-order valence-electron chi connectivity index (χ2n) is 2.26. The van der Waals surface area contributed by atoms with Crippen LogP contribution < -0.4 is 5.48 Å². The van der Waals surface area contributed by atoms with Crippen molar-refractivity contribution in [3.05, 3.63) is 34.1 Å². The van der Waals surface area contributed by atoms with Crippen LogP contribution in [0.4, 0.5) is 4.39 Å². The molecule has 0 saturated carbocycles. The first kappa shape index (κ1) is 10.1. The van der Waals surface area contributed by atoms with E-state index in [1.165, 1.54) is 25.3 Å². The summed E-state index contributed by atoms with van der Waals surface area (Å²) < 4.78 is 13.0. The molecule has 0 radical (unpaired) electrons. The molecule has 0 atom stereocenters. The summed E-state index contributed by atoms with van der Waals surface area (Å²) in [5, 5.41) is 0. The predicted octanol–water partition coefficient (Wildman–Crippen LogP) is 1.88. The second-order valence-corrected chi connectivity index (χ2v) is 3.11. The Morgan fingerprint density at radius 3 is 2.85 bits per heavy atom. The van der Waals surface area contributed by atoms with Crippen LogP contribution >= 0.6 is 15.9 Å². The maximum Gasteiger partial charge on any atom is 0.275 e. The highest BCUT2D eigenvalue weighted by Crippen LogP contribution is 2.17. The zero-order valence-corrected chi connectivity index (χ0v) is 8.39. The van der Waals surface area contributed by atoms with Crippen molar-refractivity contribution in [1.82, 2.24) is 5.48 Å². The van der Waals surface area contributed by atoms with Crippen molar-refractivity contribution in [3.63, 3.8) is 0 Å². The number of hydrogen-bond donors (Lipinski definition) is 1. The second kappa shape index (κ2) is 4.34. The number of amides is 1. The van der Waals surface area contributed by atoms with Crippen LogP contribution in [0.15, 0.2) is 22.7 Å². The van der Waals surface area contributed by atoms with Crippen LogP contribution in [0.5, 0.6) is 0 Å². The Balaban J connectivity index is 2.95. The van der Waals surface area contributed by atoms with Crippen molar-refractivity contribution in [1.29, 1.82) is 0 Å².